The fourth-order valence-corrected chi connectivity index (χ4v) is 2.64. The molecule has 0 amide bonds. The van der Waals surface area contributed by atoms with Gasteiger partial charge in [0.2, 0.25) is 0 Å². The van der Waals surface area contributed by atoms with Gasteiger partial charge in [0.1, 0.15) is 12.4 Å². The molecule has 0 heterocycles. The second-order valence-corrected chi connectivity index (χ2v) is 5.22. The largest absolute Gasteiger partial charge is 0.481 e. The summed E-state index contributed by atoms with van der Waals surface area (Å²) in [6.45, 7) is 0.260. The van der Waals surface area contributed by atoms with Crippen LogP contribution in [0.1, 0.15) is 27.9 Å². The fourth-order valence-electron chi connectivity index (χ4n) is 2.64. The molecule has 0 saturated carbocycles. The Morgan fingerprint density at radius 2 is 1.86 bits per heavy atom. The number of rotatable bonds is 3. The maximum absolute atomic E-state index is 12.5. The summed E-state index contributed by atoms with van der Waals surface area (Å²) in [5.74, 6) is 3.30. The van der Waals surface area contributed by atoms with Gasteiger partial charge in [-0.3, -0.25) is 4.79 Å². The van der Waals surface area contributed by atoms with Crippen LogP contribution in [0, 0.1) is 12.3 Å². The SMILES string of the molecule is C#CCOc1ccc(/C=C2\CCc3ccccc3C2=O)cc1. The van der Waals surface area contributed by atoms with Crippen molar-refractivity contribution in [1.29, 1.82) is 0 Å². The maximum Gasteiger partial charge on any atom is 0.189 e. The number of carbonyl (C=O) groups excluding carboxylic acids is 1. The molecule has 0 radical (unpaired) electrons. The number of hydrogen-bond acceptors (Lipinski definition) is 2. The molecule has 0 spiro atoms. The third kappa shape index (κ3) is 2.94. The number of aryl methyl sites for hydroxylation is 1. The third-order valence-electron chi connectivity index (χ3n) is 3.76. The molecular formula is C20H16O2. The van der Waals surface area contributed by atoms with Crippen LogP contribution in [0.2, 0.25) is 0 Å². The van der Waals surface area contributed by atoms with E-state index in [1.165, 1.54) is 0 Å². The Bertz CT molecular complexity index is 761. The first-order valence-corrected chi connectivity index (χ1v) is 7.27. The summed E-state index contributed by atoms with van der Waals surface area (Å²) in [5.41, 5.74) is 3.82. The lowest BCUT2D eigenvalue weighted by Crippen LogP contribution is -2.13. The van der Waals surface area contributed by atoms with Crippen molar-refractivity contribution in [2.75, 3.05) is 6.61 Å². The minimum Gasteiger partial charge on any atom is -0.481 e. The van der Waals surface area contributed by atoms with Crippen molar-refractivity contribution in [2.24, 2.45) is 0 Å². The van der Waals surface area contributed by atoms with E-state index in [-0.39, 0.29) is 12.4 Å². The summed E-state index contributed by atoms with van der Waals surface area (Å²) >= 11 is 0. The number of Topliss-reactive ketones (excluding diaryl/α,β-unsaturated/α-hetero) is 1. The van der Waals surface area contributed by atoms with Crippen molar-refractivity contribution in [3.63, 3.8) is 0 Å². The molecule has 0 bridgehead atoms. The number of fused-ring (bicyclic) bond motifs is 1. The summed E-state index contributed by atoms with van der Waals surface area (Å²) in [4.78, 5) is 12.5. The summed E-state index contributed by atoms with van der Waals surface area (Å²) in [7, 11) is 0. The summed E-state index contributed by atoms with van der Waals surface area (Å²) < 4.78 is 5.34. The Hall–Kier alpha value is -2.79. The van der Waals surface area contributed by atoms with Gasteiger partial charge in [-0.15, -0.1) is 6.42 Å². The van der Waals surface area contributed by atoms with Crippen LogP contribution in [-0.4, -0.2) is 12.4 Å². The van der Waals surface area contributed by atoms with Crippen LogP contribution in [0.15, 0.2) is 54.1 Å². The molecule has 2 heteroatoms. The highest BCUT2D eigenvalue weighted by molar-refractivity contribution is 6.13. The highest BCUT2D eigenvalue weighted by atomic mass is 16.5. The molecule has 3 rings (SSSR count). The quantitative estimate of drug-likeness (QED) is 0.632. The molecule has 22 heavy (non-hydrogen) atoms. The number of ether oxygens (including phenoxy) is 1. The van der Waals surface area contributed by atoms with Crippen LogP contribution in [0.4, 0.5) is 0 Å². The summed E-state index contributed by atoms with van der Waals surface area (Å²) in [6.07, 6.45) is 8.82. The molecule has 2 aromatic rings. The van der Waals surface area contributed by atoms with Crippen molar-refractivity contribution >= 4 is 11.9 Å². The average molecular weight is 288 g/mol. The van der Waals surface area contributed by atoms with Crippen molar-refractivity contribution in [3.05, 3.63) is 70.8 Å². The van der Waals surface area contributed by atoms with E-state index in [4.69, 9.17) is 11.2 Å². The molecule has 0 unspecified atom stereocenters. The number of hydrogen-bond donors (Lipinski definition) is 0. The van der Waals surface area contributed by atoms with Crippen molar-refractivity contribution in [3.8, 4) is 18.1 Å². The fraction of sp³-hybridized carbons (Fsp3) is 0.150. The first-order valence-electron chi connectivity index (χ1n) is 7.27. The van der Waals surface area contributed by atoms with Gasteiger partial charge in [-0.2, -0.15) is 0 Å². The van der Waals surface area contributed by atoms with Gasteiger partial charge >= 0.3 is 0 Å². The maximum atomic E-state index is 12.5. The van der Waals surface area contributed by atoms with E-state index >= 15 is 0 Å². The minimum atomic E-state index is 0.134. The Labute approximate surface area is 130 Å². The molecule has 2 aromatic carbocycles. The lowest BCUT2D eigenvalue weighted by Gasteiger charge is -2.17. The molecule has 1 aliphatic carbocycles. The van der Waals surface area contributed by atoms with E-state index in [0.717, 1.165) is 40.9 Å². The molecule has 1 aliphatic rings. The van der Waals surface area contributed by atoms with Crippen molar-refractivity contribution in [1.82, 2.24) is 0 Å². The Morgan fingerprint density at radius 1 is 1.09 bits per heavy atom. The zero-order valence-electron chi connectivity index (χ0n) is 12.2. The molecule has 0 saturated heterocycles. The number of carbonyl (C=O) groups is 1. The number of ketones is 1. The van der Waals surface area contributed by atoms with Gasteiger partial charge in [0, 0.05) is 11.1 Å². The highest BCUT2D eigenvalue weighted by Crippen LogP contribution is 2.26. The minimum absolute atomic E-state index is 0.134. The first-order chi connectivity index (χ1) is 10.8. The van der Waals surface area contributed by atoms with Gasteiger partial charge in [0.05, 0.1) is 0 Å². The third-order valence-corrected chi connectivity index (χ3v) is 3.76. The Balaban J connectivity index is 1.81. The monoisotopic (exact) mass is 288 g/mol. The molecule has 0 aromatic heterocycles. The van der Waals surface area contributed by atoms with Gasteiger partial charge in [-0.05, 0) is 42.2 Å². The smallest absolute Gasteiger partial charge is 0.189 e. The van der Waals surface area contributed by atoms with Gasteiger partial charge in [0.25, 0.3) is 0 Å². The van der Waals surface area contributed by atoms with Crippen LogP contribution >= 0.6 is 0 Å². The predicted octanol–water partition coefficient (Wildman–Crippen LogP) is 3.91. The van der Waals surface area contributed by atoms with E-state index < -0.39 is 0 Å². The summed E-state index contributed by atoms with van der Waals surface area (Å²) in [5, 5.41) is 0. The second-order valence-electron chi connectivity index (χ2n) is 5.22. The lowest BCUT2D eigenvalue weighted by molar-refractivity contribution is 0.102. The van der Waals surface area contributed by atoms with E-state index in [1.807, 2.05) is 54.6 Å². The zero-order valence-corrected chi connectivity index (χ0v) is 12.2. The zero-order chi connectivity index (χ0) is 15.4. The molecule has 0 N–H and O–H groups in total. The standard InChI is InChI=1S/C20H16O2/c1-2-13-22-18-11-7-15(8-12-18)14-17-10-9-16-5-3-4-6-19(16)20(17)21/h1,3-8,11-12,14H,9-10,13H2/b17-14+. The molecule has 0 fully saturated rings. The Kier molecular flexibility index (Phi) is 4.07. The second kappa shape index (κ2) is 6.32. The van der Waals surface area contributed by atoms with E-state index in [1.54, 1.807) is 0 Å². The first kappa shape index (κ1) is 14.2. The topological polar surface area (TPSA) is 26.3 Å². The van der Waals surface area contributed by atoms with Gasteiger partial charge in [0.15, 0.2) is 5.78 Å². The predicted molar refractivity (Wildman–Crippen MR) is 87.8 cm³/mol. The van der Waals surface area contributed by atoms with Crippen LogP contribution in [0.25, 0.3) is 6.08 Å². The highest BCUT2D eigenvalue weighted by Gasteiger charge is 2.20. The van der Waals surface area contributed by atoms with Crippen LogP contribution in [0.3, 0.4) is 0 Å². The van der Waals surface area contributed by atoms with Crippen LogP contribution < -0.4 is 4.74 Å². The average Bonchev–Trinajstić information content (AvgIpc) is 2.57. The Morgan fingerprint density at radius 3 is 2.64 bits per heavy atom. The lowest BCUT2D eigenvalue weighted by atomic mass is 9.86. The number of benzene rings is 2. The van der Waals surface area contributed by atoms with Crippen LogP contribution in [-0.2, 0) is 6.42 Å². The number of terminal acetylenes is 1. The van der Waals surface area contributed by atoms with Gasteiger partial charge in [-0.25, -0.2) is 0 Å². The molecule has 0 atom stereocenters. The van der Waals surface area contributed by atoms with E-state index in [9.17, 15) is 4.79 Å². The van der Waals surface area contributed by atoms with Crippen LogP contribution in [0.5, 0.6) is 5.75 Å². The van der Waals surface area contributed by atoms with E-state index in [2.05, 4.69) is 5.92 Å². The summed E-state index contributed by atoms with van der Waals surface area (Å²) in [6, 6.07) is 15.4. The molecule has 2 nitrogen and oxygen atoms in total. The van der Waals surface area contributed by atoms with E-state index in [0.29, 0.717) is 0 Å². The van der Waals surface area contributed by atoms with Gasteiger partial charge in [-0.1, -0.05) is 42.3 Å². The normalized spacial score (nSPS) is 15.2. The number of allylic oxidation sites excluding steroid dienone is 1. The van der Waals surface area contributed by atoms with Crippen molar-refractivity contribution < 1.29 is 9.53 Å². The van der Waals surface area contributed by atoms with Gasteiger partial charge < -0.3 is 4.74 Å². The molecule has 108 valence electrons. The molecular weight excluding hydrogens is 272 g/mol. The molecule has 0 aliphatic heterocycles. The van der Waals surface area contributed by atoms with Crippen molar-refractivity contribution in [2.45, 2.75) is 12.8 Å².